The Balaban J connectivity index is 1.47. The van der Waals surface area contributed by atoms with Gasteiger partial charge in [-0.2, -0.15) is 0 Å². The van der Waals surface area contributed by atoms with E-state index in [0.29, 0.717) is 26.4 Å². The van der Waals surface area contributed by atoms with Gasteiger partial charge in [0.05, 0.1) is 0 Å². The van der Waals surface area contributed by atoms with Crippen molar-refractivity contribution in [3.63, 3.8) is 0 Å². The Labute approximate surface area is 224 Å². The van der Waals surface area contributed by atoms with Crippen LogP contribution in [0.4, 0.5) is 0 Å². The minimum absolute atomic E-state index is 0.0693. The van der Waals surface area contributed by atoms with E-state index in [0.717, 1.165) is 20.6 Å². The van der Waals surface area contributed by atoms with Gasteiger partial charge in [-0.3, -0.25) is 0 Å². The molecule has 0 aliphatic carbocycles. The molecule has 0 aromatic heterocycles. The summed E-state index contributed by atoms with van der Waals surface area (Å²) in [6.45, 7) is 4.33. The van der Waals surface area contributed by atoms with Crippen LogP contribution in [0.2, 0.25) is 3.93 Å². The van der Waals surface area contributed by atoms with Crippen LogP contribution in [-0.4, -0.2) is 31.0 Å². The molecule has 6 heteroatoms. The Kier molecular flexibility index (Phi) is 11.1. The topological polar surface area (TPSA) is 36.9 Å². The van der Waals surface area contributed by atoms with Crippen molar-refractivity contribution in [1.82, 2.24) is 0 Å². The van der Waals surface area contributed by atoms with Gasteiger partial charge in [0.25, 0.3) is 0 Å². The third-order valence-corrected chi connectivity index (χ3v) is 11.5. The van der Waals surface area contributed by atoms with E-state index in [1.54, 1.807) is 0 Å². The molecule has 3 aromatic rings. The van der Waals surface area contributed by atoms with Crippen molar-refractivity contribution in [1.29, 1.82) is 0 Å². The first-order chi connectivity index (χ1) is 17.2. The molecule has 0 bridgehead atoms. The van der Waals surface area contributed by atoms with E-state index < -0.39 is 23.3 Å². The Morgan fingerprint density at radius 2 is 1.17 bits per heavy atom. The second kappa shape index (κ2) is 14.5. The van der Waals surface area contributed by atoms with Crippen LogP contribution in [0.25, 0.3) is 0 Å². The molecule has 1 heterocycles. The van der Waals surface area contributed by atoms with E-state index in [2.05, 4.69) is 43.3 Å². The zero-order valence-electron chi connectivity index (χ0n) is 20.3. The van der Waals surface area contributed by atoms with Crippen molar-refractivity contribution in [2.24, 2.45) is 5.92 Å². The predicted octanol–water partition coefficient (Wildman–Crippen LogP) is 6.43. The summed E-state index contributed by atoms with van der Waals surface area (Å²) in [6.07, 6.45) is -0.421. The first-order valence-corrected chi connectivity index (χ1v) is 23.0. The normalized spacial score (nSPS) is 24.1. The molecule has 35 heavy (non-hydrogen) atoms. The molecule has 0 radical (unpaired) electrons. The van der Waals surface area contributed by atoms with Crippen molar-refractivity contribution >= 4 is 8.25 Å². The van der Waals surface area contributed by atoms with E-state index in [1.807, 2.05) is 54.6 Å². The van der Waals surface area contributed by atoms with Crippen LogP contribution < -0.4 is 0 Å². The fourth-order valence-electron chi connectivity index (χ4n) is 4.53. The van der Waals surface area contributed by atoms with Crippen LogP contribution in [0.15, 0.2) is 91.0 Å². The van der Waals surface area contributed by atoms with E-state index >= 15 is 0 Å². The number of hydrogen-bond donors (Lipinski definition) is 0. The fourth-order valence-corrected chi connectivity index (χ4v) is 9.06. The maximum absolute atomic E-state index is 6.60. The van der Waals surface area contributed by atoms with Crippen LogP contribution in [0, 0.1) is 5.92 Å². The molecular weight excluding hydrogens is 648 g/mol. The van der Waals surface area contributed by atoms with Crippen molar-refractivity contribution < 1.29 is 42.3 Å². The Bertz CT molecular complexity index is 976. The summed E-state index contributed by atoms with van der Waals surface area (Å²) >= 11 is -1.51. The number of rotatable bonds is 12. The maximum atomic E-state index is 6.60. The van der Waals surface area contributed by atoms with Crippen molar-refractivity contribution in [3.8, 4) is 0 Å². The summed E-state index contributed by atoms with van der Waals surface area (Å²) in [5, 5.41) is 0. The van der Waals surface area contributed by atoms with Gasteiger partial charge >= 0.3 is 226 Å². The first kappa shape index (κ1) is 26.8. The molecule has 0 spiro atoms. The first-order valence-electron chi connectivity index (χ1n) is 12.4. The predicted molar refractivity (Wildman–Crippen MR) is 135 cm³/mol. The van der Waals surface area contributed by atoms with Crippen molar-refractivity contribution in [3.05, 3.63) is 108 Å². The summed E-state index contributed by atoms with van der Waals surface area (Å²) in [5.41, 5.74) is 3.45. The Morgan fingerprint density at radius 1 is 0.686 bits per heavy atom. The number of benzene rings is 3. The number of ether oxygens (including phenoxy) is 4. The van der Waals surface area contributed by atoms with Crippen LogP contribution in [0.3, 0.4) is 0 Å². The summed E-state index contributed by atoms with van der Waals surface area (Å²) in [4.78, 5) is 0. The minimum atomic E-state index is -1.51. The molecule has 1 saturated heterocycles. The van der Waals surface area contributed by atoms with Crippen molar-refractivity contribution in [2.75, 3.05) is 6.61 Å². The van der Waals surface area contributed by atoms with Gasteiger partial charge in [0.2, 0.25) is 0 Å². The summed E-state index contributed by atoms with van der Waals surface area (Å²) in [5.74, 6) is 0.110. The second-order valence-electron chi connectivity index (χ2n) is 9.07. The quantitative estimate of drug-likeness (QED) is 0.207. The average Bonchev–Trinajstić information content (AvgIpc) is 2.90. The van der Waals surface area contributed by atoms with Crippen molar-refractivity contribution in [2.45, 2.75) is 55.1 Å². The molecule has 3 aromatic carbocycles. The van der Waals surface area contributed by atoms with Gasteiger partial charge in [0.1, 0.15) is 0 Å². The van der Waals surface area contributed by atoms with E-state index in [1.165, 1.54) is 0 Å². The van der Waals surface area contributed by atoms with Crippen LogP contribution in [-0.2, 0) is 62.1 Å². The van der Waals surface area contributed by atoms with Crippen LogP contribution in [0.5, 0.6) is 0 Å². The van der Waals surface area contributed by atoms with E-state index in [9.17, 15) is 0 Å². The summed E-state index contributed by atoms with van der Waals surface area (Å²) in [6, 6.07) is 30.8. The summed E-state index contributed by atoms with van der Waals surface area (Å²) in [7, 11) is 6.42. The standard InChI is InChI=1S/C29H33O4.ClH.Hg/c1-22-27(21-30-18-24-12-6-3-7-13-24)33-23(2)29(32-20-26-16-10-5-11-17-26)28(22)31-19-25-14-8-4-9-15-25;;/h3-17,22-23,27-29H,2,18-21H2,1H3;1H;/q;;+1/p-1/t22-,23-,27-,28+,29-;;/m1../s1. The van der Waals surface area contributed by atoms with Gasteiger partial charge in [-0.05, 0) is 0 Å². The SMILES string of the molecule is C[C@H]1[C@H](OCc2ccccc2)[C@H](OCc2ccccc2)[C@@H]([CH2][Hg][Cl])O[C@@H]1COCc1ccccc1. The molecule has 0 saturated carbocycles. The average molecular weight is 682 g/mol. The van der Waals surface area contributed by atoms with E-state index in [-0.39, 0.29) is 30.3 Å². The zero-order valence-corrected chi connectivity index (χ0v) is 26.6. The molecule has 0 amide bonds. The molecule has 5 atom stereocenters. The summed E-state index contributed by atoms with van der Waals surface area (Å²) < 4.78 is 26.7. The van der Waals surface area contributed by atoms with Gasteiger partial charge < -0.3 is 0 Å². The van der Waals surface area contributed by atoms with Crippen LogP contribution >= 0.6 is 8.25 Å². The molecular formula is C29H33ClHgO4. The third kappa shape index (κ3) is 8.11. The molecule has 4 rings (SSSR count). The van der Waals surface area contributed by atoms with Gasteiger partial charge in [0, 0.05) is 0 Å². The number of halogens is 1. The number of hydrogen-bond acceptors (Lipinski definition) is 4. The molecule has 0 N–H and O–H groups in total. The zero-order chi connectivity index (χ0) is 24.3. The molecule has 182 valence electrons. The third-order valence-electron chi connectivity index (χ3n) is 6.50. The molecule has 1 fully saturated rings. The van der Waals surface area contributed by atoms with Crippen LogP contribution in [0.1, 0.15) is 23.6 Å². The van der Waals surface area contributed by atoms with Gasteiger partial charge in [-0.1, -0.05) is 0 Å². The Morgan fingerprint density at radius 3 is 1.69 bits per heavy atom. The molecule has 4 nitrogen and oxygen atoms in total. The van der Waals surface area contributed by atoms with E-state index in [4.69, 9.17) is 27.2 Å². The van der Waals surface area contributed by atoms with Gasteiger partial charge in [-0.15, -0.1) is 0 Å². The molecule has 1 aliphatic heterocycles. The molecule has 0 unspecified atom stereocenters. The fraction of sp³-hybridized carbons (Fsp3) is 0.379. The molecule has 1 aliphatic rings. The van der Waals surface area contributed by atoms with Gasteiger partial charge in [-0.25, -0.2) is 0 Å². The van der Waals surface area contributed by atoms with Gasteiger partial charge in [0.15, 0.2) is 0 Å². The Hall–Kier alpha value is -1.27. The monoisotopic (exact) mass is 682 g/mol. The second-order valence-corrected chi connectivity index (χ2v) is 16.1.